The monoisotopic (exact) mass is 263 g/mol. The summed E-state index contributed by atoms with van der Waals surface area (Å²) in [5.74, 6) is -0.143. The molecule has 0 saturated carbocycles. The highest BCUT2D eigenvalue weighted by Gasteiger charge is 2.15. The summed E-state index contributed by atoms with van der Waals surface area (Å²) in [5, 5.41) is 3.41. The third kappa shape index (κ3) is 5.43. The van der Waals surface area contributed by atoms with Crippen molar-refractivity contribution in [1.29, 1.82) is 0 Å². The van der Waals surface area contributed by atoms with E-state index in [-0.39, 0.29) is 12.0 Å². The highest BCUT2D eigenvalue weighted by atomic mass is 16.5. The average molecular weight is 263 g/mol. The first-order chi connectivity index (χ1) is 9.21. The van der Waals surface area contributed by atoms with E-state index >= 15 is 0 Å². The Morgan fingerprint density at radius 2 is 1.89 bits per heavy atom. The van der Waals surface area contributed by atoms with Crippen molar-refractivity contribution in [1.82, 2.24) is 5.32 Å². The van der Waals surface area contributed by atoms with Crippen LogP contribution in [0.1, 0.15) is 50.8 Å². The minimum atomic E-state index is -0.143. The normalized spacial score (nSPS) is 12.2. The molecule has 1 atom stereocenters. The topological polar surface area (TPSA) is 38.3 Å². The van der Waals surface area contributed by atoms with Crippen LogP contribution in [0, 0.1) is 0 Å². The van der Waals surface area contributed by atoms with Gasteiger partial charge in [0.15, 0.2) is 0 Å². The van der Waals surface area contributed by atoms with E-state index in [0.29, 0.717) is 13.0 Å². The molecule has 0 saturated heterocycles. The molecule has 0 bridgehead atoms. The summed E-state index contributed by atoms with van der Waals surface area (Å²) in [7, 11) is 0. The van der Waals surface area contributed by atoms with Crippen molar-refractivity contribution < 1.29 is 9.53 Å². The quantitative estimate of drug-likeness (QED) is 0.732. The summed E-state index contributed by atoms with van der Waals surface area (Å²) in [6.45, 7) is 7.44. The van der Waals surface area contributed by atoms with Gasteiger partial charge in [-0.25, -0.2) is 0 Å². The van der Waals surface area contributed by atoms with Gasteiger partial charge in [0.1, 0.15) is 0 Å². The number of ether oxygens (including phenoxy) is 1. The molecule has 0 aliphatic carbocycles. The number of carbonyl (C=O) groups is 1. The first-order valence-electron chi connectivity index (χ1n) is 7.19. The minimum Gasteiger partial charge on any atom is -0.466 e. The fourth-order valence-corrected chi connectivity index (χ4v) is 2.00. The lowest BCUT2D eigenvalue weighted by Gasteiger charge is -2.18. The van der Waals surface area contributed by atoms with Crippen LogP contribution in [0.25, 0.3) is 0 Å². The van der Waals surface area contributed by atoms with E-state index in [1.165, 1.54) is 5.56 Å². The van der Waals surface area contributed by atoms with Crippen LogP contribution in [0.15, 0.2) is 24.3 Å². The van der Waals surface area contributed by atoms with Crippen molar-refractivity contribution >= 4 is 5.97 Å². The molecule has 0 aliphatic heterocycles. The highest BCUT2D eigenvalue weighted by Crippen LogP contribution is 2.18. The fraction of sp³-hybridized carbons (Fsp3) is 0.562. The lowest BCUT2D eigenvalue weighted by atomic mass is 10.0. The Bertz CT molecular complexity index is 373. The molecule has 1 aromatic rings. The molecule has 19 heavy (non-hydrogen) atoms. The van der Waals surface area contributed by atoms with Crippen LogP contribution in [0.3, 0.4) is 0 Å². The molecule has 1 N–H and O–H groups in total. The van der Waals surface area contributed by atoms with Gasteiger partial charge in [0, 0.05) is 6.04 Å². The lowest BCUT2D eigenvalue weighted by Crippen LogP contribution is -2.25. The van der Waals surface area contributed by atoms with Crippen LogP contribution < -0.4 is 5.32 Å². The van der Waals surface area contributed by atoms with Crippen LogP contribution in [-0.2, 0) is 16.0 Å². The van der Waals surface area contributed by atoms with Crippen molar-refractivity contribution in [2.75, 3.05) is 13.2 Å². The maximum Gasteiger partial charge on any atom is 0.307 e. The van der Waals surface area contributed by atoms with Gasteiger partial charge >= 0.3 is 5.97 Å². The van der Waals surface area contributed by atoms with Crippen molar-refractivity contribution in [3.8, 4) is 0 Å². The smallest absolute Gasteiger partial charge is 0.307 e. The molecule has 3 heteroatoms. The molecule has 106 valence electrons. The second-order valence-electron chi connectivity index (χ2n) is 4.61. The molecule has 3 nitrogen and oxygen atoms in total. The van der Waals surface area contributed by atoms with Crippen molar-refractivity contribution in [2.45, 2.75) is 46.1 Å². The van der Waals surface area contributed by atoms with E-state index in [9.17, 15) is 4.79 Å². The zero-order chi connectivity index (χ0) is 14.1. The second kappa shape index (κ2) is 8.70. The molecular weight excluding hydrogens is 238 g/mol. The summed E-state index contributed by atoms with van der Waals surface area (Å²) >= 11 is 0. The van der Waals surface area contributed by atoms with Gasteiger partial charge in [-0.15, -0.1) is 0 Å². The number of carbonyl (C=O) groups excluding carboxylic acids is 1. The standard InChI is InChI=1S/C16H25NO2/c1-4-11-17-15(12-16(18)19-6-3)14-9-7-13(5-2)8-10-14/h7-10,15,17H,4-6,11-12H2,1-3H3. The van der Waals surface area contributed by atoms with E-state index < -0.39 is 0 Å². The molecule has 0 radical (unpaired) electrons. The Morgan fingerprint density at radius 1 is 1.21 bits per heavy atom. The maximum atomic E-state index is 11.7. The van der Waals surface area contributed by atoms with E-state index in [0.717, 1.165) is 24.9 Å². The van der Waals surface area contributed by atoms with Crippen LogP contribution in [-0.4, -0.2) is 19.1 Å². The van der Waals surface area contributed by atoms with Gasteiger partial charge in [0.05, 0.1) is 13.0 Å². The van der Waals surface area contributed by atoms with E-state index in [4.69, 9.17) is 4.74 Å². The Hall–Kier alpha value is -1.35. The van der Waals surface area contributed by atoms with Gasteiger partial charge in [-0.05, 0) is 37.4 Å². The summed E-state index contributed by atoms with van der Waals surface area (Å²) in [6, 6.07) is 8.50. The lowest BCUT2D eigenvalue weighted by molar-refractivity contribution is -0.143. The van der Waals surface area contributed by atoms with Crippen molar-refractivity contribution in [3.05, 3.63) is 35.4 Å². The van der Waals surface area contributed by atoms with Gasteiger partial charge in [0.25, 0.3) is 0 Å². The zero-order valence-electron chi connectivity index (χ0n) is 12.2. The molecule has 1 unspecified atom stereocenters. The maximum absolute atomic E-state index is 11.7. The van der Waals surface area contributed by atoms with Crippen LogP contribution in [0.2, 0.25) is 0 Å². The first kappa shape index (κ1) is 15.7. The molecule has 0 heterocycles. The number of benzene rings is 1. The van der Waals surface area contributed by atoms with Crippen LogP contribution in [0.5, 0.6) is 0 Å². The summed E-state index contributed by atoms with van der Waals surface area (Å²) < 4.78 is 5.04. The number of nitrogens with one attached hydrogen (secondary N) is 1. The minimum absolute atomic E-state index is 0.0462. The van der Waals surface area contributed by atoms with Crippen LogP contribution in [0.4, 0.5) is 0 Å². The first-order valence-corrected chi connectivity index (χ1v) is 7.19. The predicted molar refractivity (Wildman–Crippen MR) is 78.1 cm³/mol. The highest BCUT2D eigenvalue weighted by molar-refractivity contribution is 5.70. The van der Waals surface area contributed by atoms with E-state index in [1.807, 2.05) is 6.92 Å². The number of hydrogen-bond donors (Lipinski definition) is 1. The SMILES string of the molecule is CCCNC(CC(=O)OCC)c1ccc(CC)cc1. The molecule has 0 aliphatic rings. The zero-order valence-corrected chi connectivity index (χ0v) is 12.2. The molecular formula is C16H25NO2. The third-order valence-corrected chi connectivity index (χ3v) is 3.11. The molecule has 0 spiro atoms. The van der Waals surface area contributed by atoms with E-state index in [1.54, 1.807) is 0 Å². The Balaban J connectivity index is 2.73. The van der Waals surface area contributed by atoms with Gasteiger partial charge < -0.3 is 10.1 Å². The van der Waals surface area contributed by atoms with Gasteiger partial charge in [0.2, 0.25) is 0 Å². The predicted octanol–water partition coefficient (Wildman–Crippen LogP) is 3.24. The average Bonchev–Trinajstić information content (AvgIpc) is 2.44. The molecule has 0 aromatic heterocycles. The summed E-state index contributed by atoms with van der Waals surface area (Å²) in [4.78, 5) is 11.7. The van der Waals surface area contributed by atoms with Crippen molar-refractivity contribution in [3.63, 3.8) is 0 Å². The van der Waals surface area contributed by atoms with Gasteiger partial charge in [-0.3, -0.25) is 4.79 Å². The number of rotatable bonds is 8. The van der Waals surface area contributed by atoms with Crippen molar-refractivity contribution in [2.24, 2.45) is 0 Å². The second-order valence-corrected chi connectivity index (χ2v) is 4.61. The number of hydrogen-bond acceptors (Lipinski definition) is 3. The Morgan fingerprint density at radius 3 is 2.42 bits per heavy atom. The van der Waals surface area contributed by atoms with Gasteiger partial charge in [-0.2, -0.15) is 0 Å². The number of aryl methyl sites for hydroxylation is 1. The molecule has 0 fully saturated rings. The van der Waals surface area contributed by atoms with Gasteiger partial charge in [-0.1, -0.05) is 38.1 Å². The summed E-state index contributed by atoms with van der Waals surface area (Å²) in [6.07, 6.45) is 2.47. The van der Waals surface area contributed by atoms with E-state index in [2.05, 4.69) is 43.4 Å². The Labute approximate surface area is 116 Å². The summed E-state index contributed by atoms with van der Waals surface area (Å²) in [5.41, 5.74) is 2.47. The van der Waals surface area contributed by atoms with Crippen LogP contribution >= 0.6 is 0 Å². The largest absolute Gasteiger partial charge is 0.466 e. The molecule has 1 rings (SSSR count). The Kier molecular flexibility index (Phi) is 7.19. The molecule has 0 amide bonds. The molecule has 1 aromatic carbocycles. The number of esters is 1. The fourth-order valence-electron chi connectivity index (χ4n) is 2.00. The third-order valence-electron chi connectivity index (χ3n) is 3.11.